The number of hydrogen-bond donors (Lipinski definition) is 1. The normalized spacial score (nSPS) is 25.7. The minimum Gasteiger partial charge on any atom is -0.310 e. The molecule has 0 amide bonds. The van der Waals surface area contributed by atoms with Crippen LogP contribution in [-0.2, 0) is 6.54 Å². The summed E-state index contributed by atoms with van der Waals surface area (Å²) >= 11 is 0. The van der Waals surface area contributed by atoms with Crippen molar-refractivity contribution in [1.29, 1.82) is 0 Å². The molecular weight excluding hydrogens is 186 g/mol. The fourth-order valence-corrected chi connectivity index (χ4v) is 2.46. The van der Waals surface area contributed by atoms with Crippen LogP contribution in [0.3, 0.4) is 0 Å². The third kappa shape index (κ3) is 2.75. The van der Waals surface area contributed by atoms with E-state index in [2.05, 4.69) is 22.2 Å². The first-order valence-corrected chi connectivity index (χ1v) is 5.87. The number of nitrogens with one attached hydrogen (secondary N) is 1. The van der Waals surface area contributed by atoms with Crippen molar-refractivity contribution in [2.45, 2.75) is 45.2 Å². The Hall–Kier alpha value is -0.960. The molecule has 3 heteroatoms. The first-order valence-electron chi connectivity index (χ1n) is 5.87. The molecule has 2 atom stereocenters. The molecule has 1 heterocycles. The average molecular weight is 205 g/mol. The van der Waals surface area contributed by atoms with Gasteiger partial charge in [0, 0.05) is 30.5 Å². The van der Waals surface area contributed by atoms with Gasteiger partial charge in [0.25, 0.3) is 0 Å². The van der Waals surface area contributed by atoms with Gasteiger partial charge in [-0.25, -0.2) is 9.97 Å². The molecule has 0 aliphatic heterocycles. The highest BCUT2D eigenvalue weighted by molar-refractivity contribution is 5.02. The van der Waals surface area contributed by atoms with Crippen molar-refractivity contribution in [3.8, 4) is 0 Å². The second-order valence-corrected chi connectivity index (χ2v) is 4.33. The standard InChI is InChI=1S/C12H19N3/c1-2-11-4-3-5-12(11)15-8-10-6-13-9-14-7-10/h6-7,9,11-12,15H,2-5,8H2,1H3. The fraction of sp³-hybridized carbons (Fsp3) is 0.667. The van der Waals surface area contributed by atoms with Gasteiger partial charge in [-0.3, -0.25) is 0 Å². The molecule has 0 aromatic carbocycles. The lowest BCUT2D eigenvalue weighted by molar-refractivity contribution is 0.389. The molecule has 1 saturated carbocycles. The van der Waals surface area contributed by atoms with E-state index in [1.165, 1.54) is 31.2 Å². The zero-order valence-corrected chi connectivity index (χ0v) is 9.32. The molecule has 0 saturated heterocycles. The molecule has 1 aliphatic carbocycles. The van der Waals surface area contributed by atoms with Gasteiger partial charge in [-0.2, -0.15) is 0 Å². The van der Waals surface area contributed by atoms with Crippen LogP contribution < -0.4 is 5.32 Å². The monoisotopic (exact) mass is 205 g/mol. The van der Waals surface area contributed by atoms with Crippen molar-refractivity contribution < 1.29 is 0 Å². The molecule has 3 nitrogen and oxygen atoms in total. The van der Waals surface area contributed by atoms with E-state index in [0.29, 0.717) is 6.04 Å². The molecule has 1 aromatic rings. The van der Waals surface area contributed by atoms with E-state index in [9.17, 15) is 0 Å². The second-order valence-electron chi connectivity index (χ2n) is 4.33. The highest BCUT2D eigenvalue weighted by atomic mass is 14.9. The van der Waals surface area contributed by atoms with Crippen molar-refractivity contribution in [2.75, 3.05) is 0 Å². The van der Waals surface area contributed by atoms with Gasteiger partial charge in [0.2, 0.25) is 0 Å². The minimum absolute atomic E-state index is 0.704. The highest BCUT2D eigenvalue weighted by Gasteiger charge is 2.24. The molecule has 1 aliphatic rings. The van der Waals surface area contributed by atoms with E-state index in [0.717, 1.165) is 12.5 Å². The van der Waals surface area contributed by atoms with Crippen LogP contribution in [0.5, 0.6) is 0 Å². The van der Waals surface area contributed by atoms with Crippen LogP contribution in [0.4, 0.5) is 0 Å². The summed E-state index contributed by atoms with van der Waals surface area (Å²) in [6.07, 6.45) is 10.7. The summed E-state index contributed by atoms with van der Waals surface area (Å²) in [6.45, 7) is 3.19. The van der Waals surface area contributed by atoms with Crippen LogP contribution in [-0.4, -0.2) is 16.0 Å². The predicted molar refractivity (Wildman–Crippen MR) is 60.3 cm³/mol. The molecule has 2 rings (SSSR count). The van der Waals surface area contributed by atoms with Crippen LogP contribution in [0.25, 0.3) is 0 Å². The number of aromatic nitrogens is 2. The lowest BCUT2D eigenvalue weighted by Crippen LogP contribution is -2.31. The maximum absolute atomic E-state index is 4.02. The number of hydrogen-bond acceptors (Lipinski definition) is 3. The summed E-state index contributed by atoms with van der Waals surface area (Å²) < 4.78 is 0. The van der Waals surface area contributed by atoms with E-state index >= 15 is 0 Å². The predicted octanol–water partition coefficient (Wildman–Crippen LogP) is 2.14. The molecule has 0 radical (unpaired) electrons. The lowest BCUT2D eigenvalue weighted by Gasteiger charge is -2.19. The van der Waals surface area contributed by atoms with Gasteiger partial charge in [-0.15, -0.1) is 0 Å². The van der Waals surface area contributed by atoms with Gasteiger partial charge in [0.05, 0.1) is 0 Å². The maximum atomic E-state index is 4.02. The Morgan fingerprint density at radius 1 is 1.33 bits per heavy atom. The molecule has 0 spiro atoms. The van der Waals surface area contributed by atoms with Crippen LogP contribution in [0.2, 0.25) is 0 Å². The molecular formula is C12H19N3. The van der Waals surface area contributed by atoms with E-state index in [1.807, 2.05) is 12.4 Å². The van der Waals surface area contributed by atoms with Gasteiger partial charge in [-0.1, -0.05) is 19.8 Å². The zero-order valence-electron chi connectivity index (χ0n) is 9.32. The van der Waals surface area contributed by atoms with Gasteiger partial charge >= 0.3 is 0 Å². The van der Waals surface area contributed by atoms with E-state index < -0.39 is 0 Å². The number of nitrogens with zero attached hydrogens (tertiary/aromatic N) is 2. The van der Waals surface area contributed by atoms with Crippen molar-refractivity contribution in [2.24, 2.45) is 5.92 Å². The summed E-state index contributed by atoms with van der Waals surface area (Å²) in [5, 5.41) is 3.62. The summed E-state index contributed by atoms with van der Waals surface area (Å²) in [7, 11) is 0. The minimum atomic E-state index is 0.704. The van der Waals surface area contributed by atoms with Gasteiger partial charge in [0.1, 0.15) is 6.33 Å². The molecule has 1 aromatic heterocycles. The Labute approximate surface area is 91.3 Å². The largest absolute Gasteiger partial charge is 0.310 e. The van der Waals surface area contributed by atoms with Crippen molar-refractivity contribution in [3.05, 3.63) is 24.3 Å². The van der Waals surface area contributed by atoms with E-state index in [1.54, 1.807) is 6.33 Å². The Morgan fingerprint density at radius 3 is 2.87 bits per heavy atom. The molecule has 1 fully saturated rings. The van der Waals surface area contributed by atoms with Crippen molar-refractivity contribution in [3.63, 3.8) is 0 Å². The molecule has 15 heavy (non-hydrogen) atoms. The first-order chi connectivity index (χ1) is 7.40. The Kier molecular flexibility index (Phi) is 3.67. The summed E-state index contributed by atoms with van der Waals surface area (Å²) in [6, 6.07) is 0.704. The van der Waals surface area contributed by atoms with Crippen molar-refractivity contribution in [1.82, 2.24) is 15.3 Å². The summed E-state index contributed by atoms with van der Waals surface area (Å²) in [5.41, 5.74) is 1.18. The second kappa shape index (κ2) is 5.21. The van der Waals surface area contributed by atoms with Crippen LogP contribution in [0, 0.1) is 5.92 Å². The molecule has 1 N–H and O–H groups in total. The van der Waals surface area contributed by atoms with Gasteiger partial charge < -0.3 is 5.32 Å². The van der Waals surface area contributed by atoms with Crippen LogP contribution >= 0.6 is 0 Å². The smallest absolute Gasteiger partial charge is 0.115 e. The molecule has 82 valence electrons. The molecule has 2 unspecified atom stereocenters. The summed E-state index contributed by atoms with van der Waals surface area (Å²) in [5.74, 6) is 0.870. The molecule has 0 bridgehead atoms. The fourth-order valence-electron chi connectivity index (χ4n) is 2.46. The first kappa shape index (κ1) is 10.6. The Morgan fingerprint density at radius 2 is 2.13 bits per heavy atom. The zero-order chi connectivity index (χ0) is 10.5. The van der Waals surface area contributed by atoms with Crippen molar-refractivity contribution >= 4 is 0 Å². The van der Waals surface area contributed by atoms with Gasteiger partial charge in [-0.05, 0) is 18.8 Å². The van der Waals surface area contributed by atoms with Crippen LogP contribution in [0.15, 0.2) is 18.7 Å². The average Bonchev–Trinajstić information content (AvgIpc) is 2.75. The highest BCUT2D eigenvalue weighted by Crippen LogP contribution is 2.28. The quantitative estimate of drug-likeness (QED) is 0.818. The number of rotatable bonds is 4. The maximum Gasteiger partial charge on any atom is 0.115 e. The topological polar surface area (TPSA) is 37.8 Å². The van der Waals surface area contributed by atoms with E-state index in [4.69, 9.17) is 0 Å². The van der Waals surface area contributed by atoms with Gasteiger partial charge in [0.15, 0.2) is 0 Å². The third-order valence-corrected chi connectivity index (χ3v) is 3.37. The Bertz CT molecular complexity index is 286. The SMILES string of the molecule is CCC1CCCC1NCc1cncnc1. The lowest BCUT2D eigenvalue weighted by atomic mass is 10.0. The van der Waals surface area contributed by atoms with Crippen LogP contribution in [0.1, 0.15) is 38.2 Å². The van der Waals surface area contributed by atoms with E-state index in [-0.39, 0.29) is 0 Å². The summed E-state index contributed by atoms with van der Waals surface area (Å²) in [4.78, 5) is 8.04. The Balaban J connectivity index is 1.83. The third-order valence-electron chi connectivity index (χ3n) is 3.37.